The first-order valence-corrected chi connectivity index (χ1v) is 8.00. The summed E-state index contributed by atoms with van der Waals surface area (Å²) in [5.74, 6) is 0. The summed E-state index contributed by atoms with van der Waals surface area (Å²) >= 11 is 0. The van der Waals surface area contributed by atoms with E-state index in [0.29, 0.717) is 37.7 Å². The summed E-state index contributed by atoms with van der Waals surface area (Å²) in [6, 6.07) is 4.83. The van der Waals surface area contributed by atoms with Crippen molar-refractivity contribution in [2.75, 3.05) is 58.2 Å². The maximum Gasteiger partial charge on any atom is 0.242 e. The lowest BCUT2D eigenvalue weighted by Gasteiger charge is -2.26. The molecule has 0 fully saturated rings. The Morgan fingerprint density at radius 2 is 1.76 bits per heavy atom. The van der Waals surface area contributed by atoms with Crippen molar-refractivity contribution >= 4 is 21.4 Å². The summed E-state index contributed by atoms with van der Waals surface area (Å²) in [4.78, 5) is 2.05. The van der Waals surface area contributed by atoms with E-state index in [9.17, 15) is 8.42 Å². The molecule has 0 atom stereocenters. The van der Waals surface area contributed by atoms with Crippen LogP contribution in [0.4, 0.5) is 11.4 Å². The SMILES string of the molecule is CNS(=O)(=O)c1cc(N)ccc1N(CCOC)CCOC. The van der Waals surface area contributed by atoms with Gasteiger partial charge in [-0.05, 0) is 25.2 Å². The Bertz CT molecular complexity index is 540. The van der Waals surface area contributed by atoms with Gasteiger partial charge in [-0.15, -0.1) is 0 Å². The molecule has 1 aromatic carbocycles. The average Bonchev–Trinajstić information content (AvgIpc) is 2.48. The molecule has 3 N–H and O–H groups in total. The number of anilines is 2. The normalized spacial score (nSPS) is 11.6. The maximum atomic E-state index is 12.2. The van der Waals surface area contributed by atoms with Gasteiger partial charge in [0.2, 0.25) is 10.0 Å². The number of hydrogen-bond acceptors (Lipinski definition) is 6. The molecule has 0 amide bonds. The van der Waals surface area contributed by atoms with Crippen LogP contribution in [-0.4, -0.2) is 56.0 Å². The van der Waals surface area contributed by atoms with Crippen molar-refractivity contribution in [2.45, 2.75) is 4.90 Å². The number of hydrogen-bond donors (Lipinski definition) is 2. The molecule has 0 radical (unpaired) electrons. The molecule has 0 aliphatic carbocycles. The number of benzene rings is 1. The summed E-state index contributed by atoms with van der Waals surface area (Å²) in [6.45, 7) is 2.06. The number of methoxy groups -OCH3 is 2. The number of nitrogens with zero attached hydrogens (tertiary/aromatic N) is 1. The number of ether oxygens (including phenoxy) is 2. The van der Waals surface area contributed by atoms with Gasteiger partial charge in [0.1, 0.15) is 4.90 Å². The Labute approximate surface area is 126 Å². The molecular formula is C13H23N3O4S. The second-order valence-electron chi connectivity index (χ2n) is 4.41. The molecule has 0 heterocycles. The standard InChI is InChI=1S/C13H23N3O4S/c1-15-21(17,18)13-10-11(14)4-5-12(13)16(6-8-19-2)7-9-20-3/h4-5,10,15H,6-9,14H2,1-3H3. The van der Waals surface area contributed by atoms with Crippen LogP contribution in [0.1, 0.15) is 0 Å². The average molecular weight is 317 g/mol. The van der Waals surface area contributed by atoms with Gasteiger partial charge in [0.25, 0.3) is 0 Å². The lowest BCUT2D eigenvalue weighted by molar-refractivity contribution is 0.190. The van der Waals surface area contributed by atoms with Crippen LogP contribution in [0.2, 0.25) is 0 Å². The number of nitrogens with one attached hydrogen (secondary N) is 1. The molecule has 0 bridgehead atoms. The fourth-order valence-corrected chi connectivity index (χ4v) is 2.86. The van der Waals surface area contributed by atoms with Crippen LogP contribution in [0, 0.1) is 0 Å². The first kappa shape index (κ1) is 17.7. The Morgan fingerprint density at radius 3 is 2.24 bits per heavy atom. The van der Waals surface area contributed by atoms with E-state index in [-0.39, 0.29) is 4.90 Å². The number of sulfonamides is 1. The van der Waals surface area contributed by atoms with Gasteiger partial charge in [0.15, 0.2) is 0 Å². The van der Waals surface area contributed by atoms with Gasteiger partial charge in [-0.3, -0.25) is 0 Å². The Hall–Kier alpha value is -1.35. The van der Waals surface area contributed by atoms with Crippen LogP contribution >= 0.6 is 0 Å². The van der Waals surface area contributed by atoms with Gasteiger partial charge in [0, 0.05) is 33.0 Å². The largest absolute Gasteiger partial charge is 0.399 e. The predicted molar refractivity (Wildman–Crippen MR) is 83.1 cm³/mol. The predicted octanol–water partition coefficient (Wildman–Crippen LogP) is 0.276. The summed E-state index contributed by atoms with van der Waals surface area (Å²) < 4.78 is 36.8. The van der Waals surface area contributed by atoms with Crippen molar-refractivity contribution < 1.29 is 17.9 Å². The molecule has 8 heteroatoms. The number of nitrogens with two attached hydrogens (primary N) is 1. The van der Waals surface area contributed by atoms with Gasteiger partial charge in [-0.2, -0.15) is 0 Å². The van der Waals surface area contributed by atoms with Crippen molar-refractivity contribution in [3.63, 3.8) is 0 Å². The third kappa shape index (κ3) is 4.85. The van der Waals surface area contributed by atoms with Crippen LogP contribution in [0.15, 0.2) is 23.1 Å². The van der Waals surface area contributed by atoms with E-state index in [1.54, 1.807) is 26.4 Å². The molecule has 21 heavy (non-hydrogen) atoms. The van der Waals surface area contributed by atoms with Crippen LogP contribution in [0.3, 0.4) is 0 Å². The Kier molecular flexibility index (Phi) is 6.90. The van der Waals surface area contributed by atoms with E-state index in [0.717, 1.165) is 0 Å². The van der Waals surface area contributed by atoms with Crippen LogP contribution in [0.5, 0.6) is 0 Å². The lowest BCUT2D eigenvalue weighted by Crippen LogP contribution is -2.33. The minimum absolute atomic E-state index is 0.150. The molecule has 0 saturated carbocycles. The van der Waals surface area contributed by atoms with Crippen molar-refractivity contribution in [1.29, 1.82) is 0 Å². The van der Waals surface area contributed by atoms with Crippen LogP contribution in [0.25, 0.3) is 0 Å². The fourth-order valence-electron chi connectivity index (χ4n) is 1.87. The molecule has 0 spiro atoms. The maximum absolute atomic E-state index is 12.2. The Balaban J connectivity index is 3.23. The van der Waals surface area contributed by atoms with Gasteiger partial charge >= 0.3 is 0 Å². The van der Waals surface area contributed by atoms with E-state index in [1.165, 1.54) is 13.1 Å². The molecule has 1 rings (SSSR count). The van der Waals surface area contributed by atoms with E-state index in [2.05, 4.69) is 4.72 Å². The van der Waals surface area contributed by atoms with Gasteiger partial charge in [-0.25, -0.2) is 13.1 Å². The number of nitrogen functional groups attached to an aromatic ring is 1. The monoisotopic (exact) mass is 317 g/mol. The highest BCUT2D eigenvalue weighted by Gasteiger charge is 2.21. The zero-order valence-corrected chi connectivity index (χ0v) is 13.4. The molecule has 0 aliphatic rings. The fraction of sp³-hybridized carbons (Fsp3) is 0.538. The molecule has 0 unspecified atom stereocenters. The summed E-state index contributed by atoms with van der Waals surface area (Å²) in [5, 5.41) is 0. The summed E-state index contributed by atoms with van der Waals surface area (Å²) in [5.41, 5.74) is 6.69. The second kappa shape index (κ2) is 8.18. The first-order valence-electron chi connectivity index (χ1n) is 6.52. The summed E-state index contributed by atoms with van der Waals surface area (Å²) in [6.07, 6.45) is 0. The van der Waals surface area contributed by atoms with Crippen molar-refractivity contribution in [3.05, 3.63) is 18.2 Å². The lowest BCUT2D eigenvalue weighted by atomic mass is 10.2. The molecule has 0 saturated heterocycles. The van der Waals surface area contributed by atoms with E-state index < -0.39 is 10.0 Å². The molecule has 0 aromatic heterocycles. The second-order valence-corrected chi connectivity index (χ2v) is 6.26. The molecule has 7 nitrogen and oxygen atoms in total. The minimum atomic E-state index is -3.60. The number of rotatable bonds is 9. The van der Waals surface area contributed by atoms with Crippen LogP contribution < -0.4 is 15.4 Å². The van der Waals surface area contributed by atoms with Crippen LogP contribution in [-0.2, 0) is 19.5 Å². The van der Waals surface area contributed by atoms with E-state index in [4.69, 9.17) is 15.2 Å². The van der Waals surface area contributed by atoms with Gasteiger partial charge < -0.3 is 20.1 Å². The van der Waals surface area contributed by atoms with Crippen molar-refractivity contribution in [2.24, 2.45) is 0 Å². The smallest absolute Gasteiger partial charge is 0.242 e. The Morgan fingerprint density at radius 1 is 1.19 bits per heavy atom. The highest BCUT2D eigenvalue weighted by atomic mass is 32.2. The topological polar surface area (TPSA) is 93.9 Å². The first-order chi connectivity index (χ1) is 9.96. The highest BCUT2D eigenvalue weighted by Crippen LogP contribution is 2.27. The minimum Gasteiger partial charge on any atom is -0.399 e. The van der Waals surface area contributed by atoms with E-state index >= 15 is 0 Å². The van der Waals surface area contributed by atoms with Crippen molar-refractivity contribution in [3.8, 4) is 0 Å². The van der Waals surface area contributed by atoms with E-state index in [1.807, 2.05) is 4.90 Å². The van der Waals surface area contributed by atoms with Crippen molar-refractivity contribution in [1.82, 2.24) is 4.72 Å². The molecule has 1 aromatic rings. The summed E-state index contributed by atoms with van der Waals surface area (Å²) in [7, 11) is 0.972. The quantitative estimate of drug-likeness (QED) is 0.635. The zero-order valence-electron chi connectivity index (χ0n) is 12.6. The third-order valence-corrected chi connectivity index (χ3v) is 4.46. The third-order valence-electron chi connectivity index (χ3n) is 3.01. The molecule has 0 aliphatic heterocycles. The zero-order chi connectivity index (χ0) is 15.9. The highest BCUT2D eigenvalue weighted by molar-refractivity contribution is 7.89. The van der Waals surface area contributed by atoms with Gasteiger partial charge in [0.05, 0.1) is 18.9 Å². The van der Waals surface area contributed by atoms with Gasteiger partial charge in [-0.1, -0.05) is 0 Å². The molecular weight excluding hydrogens is 294 g/mol. The molecule has 120 valence electrons.